The van der Waals surface area contributed by atoms with Crippen LogP contribution in [0.15, 0.2) is 24.3 Å². The molecule has 1 aromatic carbocycles. The maximum Gasteiger partial charge on any atom is 0.131 e. The largest absolute Gasteiger partial charge is 0.487 e. The van der Waals surface area contributed by atoms with Crippen molar-refractivity contribution in [2.24, 2.45) is 7.05 Å². The lowest BCUT2D eigenvalue weighted by Crippen LogP contribution is -2.03. The number of ether oxygens (including phenoxy) is 1. The van der Waals surface area contributed by atoms with E-state index in [0.717, 1.165) is 29.1 Å². The summed E-state index contributed by atoms with van der Waals surface area (Å²) in [5.41, 5.74) is 2.62. The number of aromatic nitrogens is 2. The lowest BCUT2D eigenvalue weighted by Gasteiger charge is -2.09. The van der Waals surface area contributed by atoms with Gasteiger partial charge in [-0.2, -0.15) is 5.10 Å². The minimum absolute atomic E-state index is 0.371. The van der Waals surface area contributed by atoms with Crippen LogP contribution < -0.4 is 4.74 Å². The Morgan fingerprint density at radius 1 is 1.35 bits per heavy atom. The third-order valence-electron chi connectivity index (χ3n) is 3.24. The second-order valence-corrected chi connectivity index (χ2v) is 5.10. The molecule has 5 heteroatoms. The molecule has 0 fully saturated rings. The third kappa shape index (κ3) is 3.14. The first-order chi connectivity index (χ1) is 9.52. The summed E-state index contributed by atoms with van der Waals surface area (Å²) >= 11 is 6.27. The van der Waals surface area contributed by atoms with Crippen LogP contribution in [0, 0.1) is 0 Å². The lowest BCUT2D eigenvalue weighted by atomic mass is 10.1. The molecule has 1 heterocycles. The first kappa shape index (κ1) is 14.9. The highest BCUT2D eigenvalue weighted by atomic mass is 35.5. The smallest absolute Gasteiger partial charge is 0.131 e. The second kappa shape index (κ2) is 6.29. The van der Waals surface area contributed by atoms with Gasteiger partial charge in [-0.15, -0.1) is 0 Å². The fourth-order valence-corrected chi connectivity index (χ4v) is 2.32. The van der Waals surface area contributed by atoms with Crippen LogP contribution in [0.5, 0.6) is 5.75 Å². The second-order valence-electron chi connectivity index (χ2n) is 4.72. The van der Waals surface area contributed by atoms with E-state index in [4.69, 9.17) is 16.3 Å². The number of aliphatic hydroxyl groups excluding tert-OH is 1. The molecule has 108 valence electrons. The molecule has 1 aromatic heterocycles. The minimum Gasteiger partial charge on any atom is -0.487 e. The van der Waals surface area contributed by atoms with Crippen molar-refractivity contribution in [2.45, 2.75) is 33.0 Å². The average molecular weight is 295 g/mol. The predicted molar refractivity (Wildman–Crippen MR) is 79.0 cm³/mol. The number of rotatable bonds is 5. The molecule has 0 radical (unpaired) electrons. The van der Waals surface area contributed by atoms with E-state index in [1.807, 2.05) is 38.2 Å². The van der Waals surface area contributed by atoms with Gasteiger partial charge in [0.05, 0.1) is 22.5 Å². The van der Waals surface area contributed by atoms with Crippen LogP contribution in [0.1, 0.15) is 36.9 Å². The minimum atomic E-state index is -0.470. The van der Waals surface area contributed by atoms with Gasteiger partial charge < -0.3 is 9.84 Å². The summed E-state index contributed by atoms with van der Waals surface area (Å²) in [5, 5.41) is 14.5. The Morgan fingerprint density at radius 3 is 2.50 bits per heavy atom. The Morgan fingerprint density at radius 2 is 2.00 bits per heavy atom. The summed E-state index contributed by atoms with van der Waals surface area (Å²) in [5.74, 6) is 0.740. The van der Waals surface area contributed by atoms with Crippen molar-refractivity contribution >= 4 is 11.6 Å². The van der Waals surface area contributed by atoms with Crippen molar-refractivity contribution in [2.75, 3.05) is 0 Å². The molecule has 0 saturated carbocycles. The van der Waals surface area contributed by atoms with Gasteiger partial charge in [0.2, 0.25) is 0 Å². The van der Waals surface area contributed by atoms with Crippen molar-refractivity contribution in [1.82, 2.24) is 9.78 Å². The Balaban J connectivity index is 2.07. The van der Waals surface area contributed by atoms with E-state index in [1.165, 1.54) is 0 Å². The standard InChI is InChI=1S/C15H19ClN2O2/c1-4-13-15(16)14(18(3)17-13)9-20-12-7-5-11(6-8-12)10(2)19/h5-8,10,19H,4,9H2,1-3H3. The summed E-state index contributed by atoms with van der Waals surface area (Å²) in [4.78, 5) is 0. The molecule has 0 saturated heterocycles. The molecule has 0 amide bonds. The molecule has 0 aliphatic carbocycles. The molecule has 20 heavy (non-hydrogen) atoms. The Kier molecular flexibility index (Phi) is 4.68. The zero-order valence-corrected chi connectivity index (χ0v) is 12.7. The number of hydrogen-bond acceptors (Lipinski definition) is 3. The zero-order chi connectivity index (χ0) is 14.7. The predicted octanol–water partition coefficient (Wildman–Crippen LogP) is 3.27. The fraction of sp³-hybridized carbons (Fsp3) is 0.400. The Bertz CT molecular complexity index is 576. The first-order valence-electron chi connectivity index (χ1n) is 6.64. The zero-order valence-electron chi connectivity index (χ0n) is 11.9. The van der Waals surface area contributed by atoms with Gasteiger partial charge in [-0.05, 0) is 31.0 Å². The Labute approximate surface area is 123 Å². The normalized spacial score (nSPS) is 12.4. The monoisotopic (exact) mass is 294 g/mol. The van der Waals surface area contributed by atoms with E-state index >= 15 is 0 Å². The van der Waals surface area contributed by atoms with Crippen LogP contribution in [0.4, 0.5) is 0 Å². The topological polar surface area (TPSA) is 47.3 Å². The molecule has 1 unspecified atom stereocenters. The highest BCUT2D eigenvalue weighted by Gasteiger charge is 2.13. The van der Waals surface area contributed by atoms with E-state index in [2.05, 4.69) is 5.10 Å². The molecular formula is C15H19ClN2O2. The molecule has 4 nitrogen and oxygen atoms in total. The van der Waals surface area contributed by atoms with E-state index in [0.29, 0.717) is 11.6 Å². The summed E-state index contributed by atoms with van der Waals surface area (Å²) in [6.07, 6.45) is 0.332. The van der Waals surface area contributed by atoms with E-state index in [9.17, 15) is 5.11 Å². The molecule has 0 spiro atoms. The van der Waals surface area contributed by atoms with E-state index in [-0.39, 0.29) is 0 Å². The molecule has 0 aliphatic rings. The number of aryl methyl sites for hydroxylation is 2. The molecule has 2 aromatic rings. The van der Waals surface area contributed by atoms with Crippen LogP contribution in [0.25, 0.3) is 0 Å². The summed E-state index contributed by atoms with van der Waals surface area (Å²) < 4.78 is 7.47. The number of halogens is 1. The summed E-state index contributed by atoms with van der Waals surface area (Å²) in [6, 6.07) is 7.38. The molecule has 0 bridgehead atoms. The highest BCUT2D eigenvalue weighted by molar-refractivity contribution is 6.31. The first-order valence-corrected chi connectivity index (χ1v) is 7.01. The highest BCUT2D eigenvalue weighted by Crippen LogP contribution is 2.23. The number of hydrogen-bond donors (Lipinski definition) is 1. The van der Waals surface area contributed by atoms with Gasteiger partial charge in [-0.1, -0.05) is 30.7 Å². The van der Waals surface area contributed by atoms with Crippen molar-refractivity contribution in [3.63, 3.8) is 0 Å². The summed E-state index contributed by atoms with van der Waals surface area (Å²) in [6.45, 7) is 4.13. The van der Waals surface area contributed by atoms with Gasteiger partial charge in [0.1, 0.15) is 12.4 Å². The maximum absolute atomic E-state index is 9.46. The average Bonchev–Trinajstić information content (AvgIpc) is 2.71. The van der Waals surface area contributed by atoms with E-state index < -0.39 is 6.10 Å². The van der Waals surface area contributed by atoms with Gasteiger partial charge in [0, 0.05) is 7.05 Å². The van der Waals surface area contributed by atoms with Gasteiger partial charge >= 0.3 is 0 Å². The van der Waals surface area contributed by atoms with Crippen molar-refractivity contribution < 1.29 is 9.84 Å². The number of benzene rings is 1. The van der Waals surface area contributed by atoms with Crippen LogP contribution in [-0.2, 0) is 20.1 Å². The molecule has 0 aliphatic heterocycles. The fourth-order valence-electron chi connectivity index (χ4n) is 1.97. The lowest BCUT2D eigenvalue weighted by molar-refractivity contribution is 0.199. The van der Waals surface area contributed by atoms with Gasteiger partial charge in [0.25, 0.3) is 0 Å². The molecule has 2 rings (SSSR count). The molecule has 1 N–H and O–H groups in total. The van der Waals surface area contributed by atoms with E-state index in [1.54, 1.807) is 11.6 Å². The Hall–Kier alpha value is -1.52. The van der Waals surface area contributed by atoms with Crippen LogP contribution in [0.2, 0.25) is 5.02 Å². The summed E-state index contributed by atoms with van der Waals surface area (Å²) in [7, 11) is 1.86. The van der Waals surface area contributed by atoms with Crippen molar-refractivity contribution in [1.29, 1.82) is 0 Å². The number of aliphatic hydroxyl groups is 1. The quantitative estimate of drug-likeness (QED) is 0.920. The van der Waals surface area contributed by atoms with Crippen LogP contribution in [-0.4, -0.2) is 14.9 Å². The van der Waals surface area contributed by atoms with Crippen LogP contribution >= 0.6 is 11.6 Å². The SMILES string of the molecule is CCc1nn(C)c(COc2ccc(C(C)O)cc2)c1Cl. The molecular weight excluding hydrogens is 276 g/mol. The van der Waals surface area contributed by atoms with Gasteiger partial charge in [-0.3, -0.25) is 4.68 Å². The van der Waals surface area contributed by atoms with Gasteiger partial charge in [0.15, 0.2) is 0 Å². The van der Waals surface area contributed by atoms with Crippen molar-refractivity contribution in [3.05, 3.63) is 46.2 Å². The molecule has 1 atom stereocenters. The van der Waals surface area contributed by atoms with Gasteiger partial charge in [-0.25, -0.2) is 0 Å². The third-order valence-corrected chi connectivity index (χ3v) is 3.68. The maximum atomic E-state index is 9.46. The number of nitrogens with zero attached hydrogens (tertiary/aromatic N) is 2. The van der Waals surface area contributed by atoms with Crippen molar-refractivity contribution in [3.8, 4) is 5.75 Å². The van der Waals surface area contributed by atoms with Crippen LogP contribution in [0.3, 0.4) is 0 Å².